The van der Waals surface area contributed by atoms with Crippen molar-refractivity contribution in [2.45, 2.75) is 31.7 Å². The highest BCUT2D eigenvalue weighted by Crippen LogP contribution is 2.32. The third-order valence-corrected chi connectivity index (χ3v) is 3.49. The van der Waals surface area contributed by atoms with Crippen molar-refractivity contribution in [2.75, 3.05) is 13.6 Å². The van der Waals surface area contributed by atoms with Gasteiger partial charge in [-0.15, -0.1) is 0 Å². The number of amides is 1. The van der Waals surface area contributed by atoms with Crippen molar-refractivity contribution in [3.8, 4) is 0 Å². The van der Waals surface area contributed by atoms with Crippen molar-refractivity contribution >= 4 is 5.91 Å². The molecule has 1 saturated carbocycles. The standard InChI is InChI=1S/C14H21N3O/c1-17(9-7-12-4-2-3-8-16-12)14(18)10-13(15)11-5-6-11/h2-4,8,11,13H,5-7,9-10,15H2,1H3. The predicted molar refractivity (Wildman–Crippen MR) is 70.9 cm³/mol. The smallest absolute Gasteiger partial charge is 0.223 e. The lowest BCUT2D eigenvalue weighted by molar-refractivity contribution is -0.130. The zero-order valence-corrected chi connectivity index (χ0v) is 10.9. The van der Waals surface area contributed by atoms with Gasteiger partial charge in [-0.05, 0) is 30.9 Å². The number of likely N-dealkylation sites (N-methyl/N-ethyl adjacent to an activating group) is 1. The molecule has 1 atom stereocenters. The minimum absolute atomic E-state index is 0.0507. The highest BCUT2D eigenvalue weighted by molar-refractivity contribution is 5.76. The van der Waals surface area contributed by atoms with Gasteiger partial charge in [0, 0.05) is 44.4 Å². The van der Waals surface area contributed by atoms with Crippen molar-refractivity contribution in [3.63, 3.8) is 0 Å². The molecule has 18 heavy (non-hydrogen) atoms. The largest absolute Gasteiger partial charge is 0.345 e. The van der Waals surface area contributed by atoms with Crippen LogP contribution in [0.2, 0.25) is 0 Å². The first-order chi connectivity index (χ1) is 8.66. The molecule has 1 aliphatic rings. The Bertz CT molecular complexity index is 389. The maximum atomic E-state index is 11.9. The minimum Gasteiger partial charge on any atom is -0.345 e. The monoisotopic (exact) mass is 247 g/mol. The molecule has 0 spiro atoms. The fourth-order valence-corrected chi connectivity index (χ4v) is 2.00. The Morgan fingerprint density at radius 1 is 1.56 bits per heavy atom. The lowest BCUT2D eigenvalue weighted by atomic mass is 10.1. The Morgan fingerprint density at radius 2 is 2.33 bits per heavy atom. The third-order valence-electron chi connectivity index (χ3n) is 3.49. The van der Waals surface area contributed by atoms with E-state index in [1.54, 1.807) is 11.1 Å². The van der Waals surface area contributed by atoms with E-state index in [9.17, 15) is 4.79 Å². The molecule has 4 nitrogen and oxygen atoms in total. The molecule has 1 aliphatic carbocycles. The van der Waals surface area contributed by atoms with E-state index >= 15 is 0 Å². The van der Waals surface area contributed by atoms with Gasteiger partial charge in [-0.1, -0.05) is 6.07 Å². The van der Waals surface area contributed by atoms with Gasteiger partial charge in [0.05, 0.1) is 0 Å². The fraction of sp³-hybridized carbons (Fsp3) is 0.571. The van der Waals surface area contributed by atoms with Gasteiger partial charge >= 0.3 is 0 Å². The van der Waals surface area contributed by atoms with Crippen LogP contribution in [0.25, 0.3) is 0 Å². The predicted octanol–water partition coefficient (Wildman–Crippen LogP) is 1.21. The van der Waals surface area contributed by atoms with Crippen molar-refractivity contribution in [3.05, 3.63) is 30.1 Å². The van der Waals surface area contributed by atoms with E-state index < -0.39 is 0 Å². The van der Waals surface area contributed by atoms with Gasteiger partial charge in [0.2, 0.25) is 5.91 Å². The van der Waals surface area contributed by atoms with Crippen LogP contribution >= 0.6 is 0 Å². The molecule has 0 bridgehead atoms. The molecule has 1 amide bonds. The summed E-state index contributed by atoms with van der Waals surface area (Å²) in [5.41, 5.74) is 6.98. The summed E-state index contributed by atoms with van der Waals surface area (Å²) in [6.45, 7) is 0.702. The summed E-state index contributed by atoms with van der Waals surface area (Å²) in [5.74, 6) is 0.725. The molecule has 0 aromatic carbocycles. The molecule has 1 unspecified atom stereocenters. The molecule has 1 aromatic rings. The molecule has 2 rings (SSSR count). The van der Waals surface area contributed by atoms with E-state index in [0.29, 0.717) is 18.9 Å². The summed E-state index contributed by atoms with van der Waals surface area (Å²) in [4.78, 5) is 17.9. The summed E-state index contributed by atoms with van der Waals surface area (Å²) in [6.07, 6.45) is 5.42. The minimum atomic E-state index is 0.0507. The van der Waals surface area contributed by atoms with Crippen LogP contribution in [0.3, 0.4) is 0 Å². The number of nitrogens with two attached hydrogens (primary N) is 1. The molecule has 4 heteroatoms. The highest BCUT2D eigenvalue weighted by Gasteiger charge is 2.30. The van der Waals surface area contributed by atoms with E-state index in [-0.39, 0.29) is 11.9 Å². The van der Waals surface area contributed by atoms with Crippen LogP contribution in [0, 0.1) is 5.92 Å². The van der Waals surface area contributed by atoms with E-state index in [4.69, 9.17) is 5.73 Å². The second-order valence-electron chi connectivity index (χ2n) is 5.09. The summed E-state index contributed by atoms with van der Waals surface area (Å²) < 4.78 is 0. The maximum Gasteiger partial charge on any atom is 0.223 e. The average molecular weight is 247 g/mol. The fourth-order valence-electron chi connectivity index (χ4n) is 2.00. The van der Waals surface area contributed by atoms with Crippen LogP contribution in [0.4, 0.5) is 0 Å². The second kappa shape index (κ2) is 5.96. The van der Waals surface area contributed by atoms with Gasteiger partial charge in [-0.2, -0.15) is 0 Å². The molecular weight excluding hydrogens is 226 g/mol. The van der Waals surface area contributed by atoms with Crippen molar-refractivity contribution < 1.29 is 4.79 Å². The number of hydrogen-bond donors (Lipinski definition) is 1. The van der Waals surface area contributed by atoms with Crippen LogP contribution in [0.5, 0.6) is 0 Å². The number of pyridine rings is 1. The van der Waals surface area contributed by atoms with E-state index in [1.807, 2.05) is 25.2 Å². The molecule has 0 aliphatic heterocycles. The summed E-state index contributed by atoms with van der Waals surface area (Å²) in [5, 5.41) is 0. The number of carbonyl (C=O) groups is 1. The Kier molecular flexibility index (Phi) is 4.31. The number of nitrogens with zero attached hydrogens (tertiary/aromatic N) is 2. The molecule has 1 fully saturated rings. The SMILES string of the molecule is CN(CCc1ccccn1)C(=O)CC(N)C1CC1. The molecule has 0 radical (unpaired) electrons. The van der Waals surface area contributed by atoms with Gasteiger partial charge in [0.1, 0.15) is 0 Å². The molecule has 2 N–H and O–H groups in total. The maximum absolute atomic E-state index is 11.9. The Balaban J connectivity index is 1.73. The molecular formula is C14H21N3O. The molecule has 0 saturated heterocycles. The summed E-state index contributed by atoms with van der Waals surface area (Å²) >= 11 is 0. The first kappa shape index (κ1) is 13.0. The molecule has 1 aromatic heterocycles. The number of rotatable bonds is 6. The molecule has 1 heterocycles. The van der Waals surface area contributed by atoms with E-state index in [2.05, 4.69) is 4.98 Å². The lowest BCUT2D eigenvalue weighted by Crippen LogP contribution is -2.35. The second-order valence-corrected chi connectivity index (χ2v) is 5.09. The molecule has 98 valence electrons. The number of carbonyl (C=O) groups excluding carboxylic acids is 1. The van der Waals surface area contributed by atoms with Crippen LogP contribution < -0.4 is 5.73 Å². The number of hydrogen-bond acceptors (Lipinski definition) is 3. The van der Waals surface area contributed by atoms with E-state index in [1.165, 1.54) is 12.8 Å². The zero-order chi connectivity index (χ0) is 13.0. The van der Waals surface area contributed by atoms with Gasteiger partial charge in [-0.3, -0.25) is 9.78 Å². The summed E-state index contributed by atoms with van der Waals surface area (Å²) in [6, 6.07) is 5.89. The third kappa shape index (κ3) is 3.81. The van der Waals surface area contributed by atoms with Crippen LogP contribution in [-0.4, -0.2) is 35.4 Å². The first-order valence-corrected chi connectivity index (χ1v) is 6.56. The van der Waals surface area contributed by atoms with Gasteiger partial charge in [0.15, 0.2) is 0 Å². The topological polar surface area (TPSA) is 59.2 Å². The van der Waals surface area contributed by atoms with Gasteiger partial charge in [0.25, 0.3) is 0 Å². The normalized spacial score (nSPS) is 16.3. The Labute approximate surface area is 108 Å². The quantitative estimate of drug-likeness (QED) is 0.822. The van der Waals surface area contributed by atoms with Crippen LogP contribution in [0.15, 0.2) is 24.4 Å². The Hall–Kier alpha value is -1.42. The van der Waals surface area contributed by atoms with Crippen molar-refractivity contribution in [1.82, 2.24) is 9.88 Å². The Morgan fingerprint density at radius 3 is 2.94 bits per heavy atom. The van der Waals surface area contributed by atoms with Gasteiger partial charge < -0.3 is 10.6 Å². The van der Waals surface area contributed by atoms with E-state index in [0.717, 1.165) is 12.1 Å². The van der Waals surface area contributed by atoms with Crippen molar-refractivity contribution in [1.29, 1.82) is 0 Å². The zero-order valence-electron chi connectivity index (χ0n) is 10.9. The van der Waals surface area contributed by atoms with Gasteiger partial charge in [-0.25, -0.2) is 0 Å². The number of aromatic nitrogens is 1. The lowest BCUT2D eigenvalue weighted by Gasteiger charge is -2.19. The summed E-state index contributed by atoms with van der Waals surface area (Å²) in [7, 11) is 1.84. The van der Waals surface area contributed by atoms with Crippen LogP contribution in [-0.2, 0) is 11.2 Å². The average Bonchev–Trinajstić information content (AvgIpc) is 3.21. The highest BCUT2D eigenvalue weighted by atomic mass is 16.2. The van der Waals surface area contributed by atoms with Crippen LogP contribution in [0.1, 0.15) is 25.0 Å². The first-order valence-electron chi connectivity index (χ1n) is 6.56. The van der Waals surface area contributed by atoms with Crippen molar-refractivity contribution in [2.24, 2.45) is 11.7 Å².